The monoisotopic (exact) mass is 434 g/mol. The molecule has 2 aromatic rings. The van der Waals surface area contributed by atoms with E-state index in [2.05, 4.69) is 34.6 Å². The topological polar surface area (TPSA) is 114 Å². The fourth-order valence-corrected chi connectivity index (χ4v) is 4.08. The van der Waals surface area contributed by atoms with Crippen LogP contribution in [0.5, 0.6) is 0 Å². The summed E-state index contributed by atoms with van der Waals surface area (Å²) in [5, 5.41) is 14.0. The SMILES string of the molecule is O=C(C#CCNC(=O)OCC1c2ccccc2-c2ccccc21)NC1CCOC1C(=O)O. The second-order valence-electron chi connectivity index (χ2n) is 7.48. The van der Waals surface area contributed by atoms with Gasteiger partial charge in [0.2, 0.25) is 0 Å². The number of rotatable bonds is 5. The van der Waals surface area contributed by atoms with Crippen LogP contribution < -0.4 is 10.6 Å². The van der Waals surface area contributed by atoms with E-state index in [9.17, 15) is 14.4 Å². The first-order valence-corrected chi connectivity index (χ1v) is 10.3. The molecule has 1 fully saturated rings. The Morgan fingerprint density at radius 2 is 1.72 bits per heavy atom. The third kappa shape index (κ3) is 4.58. The second-order valence-corrected chi connectivity index (χ2v) is 7.48. The van der Waals surface area contributed by atoms with Crippen molar-refractivity contribution in [3.05, 3.63) is 59.7 Å². The molecule has 8 heteroatoms. The van der Waals surface area contributed by atoms with Gasteiger partial charge < -0.3 is 25.2 Å². The molecule has 0 spiro atoms. The molecule has 0 radical (unpaired) electrons. The molecule has 2 atom stereocenters. The summed E-state index contributed by atoms with van der Waals surface area (Å²) >= 11 is 0. The van der Waals surface area contributed by atoms with Gasteiger partial charge in [0.15, 0.2) is 6.10 Å². The van der Waals surface area contributed by atoms with Gasteiger partial charge in [0.05, 0.1) is 12.6 Å². The molecule has 0 aromatic heterocycles. The fourth-order valence-electron chi connectivity index (χ4n) is 4.08. The lowest BCUT2D eigenvalue weighted by atomic mass is 9.98. The Morgan fingerprint density at radius 1 is 1.06 bits per heavy atom. The van der Waals surface area contributed by atoms with E-state index in [1.807, 2.05) is 36.4 Å². The highest BCUT2D eigenvalue weighted by atomic mass is 16.5. The summed E-state index contributed by atoms with van der Waals surface area (Å²) in [7, 11) is 0. The highest BCUT2D eigenvalue weighted by Gasteiger charge is 2.35. The summed E-state index contributed by atoms with van der Waals surface area (Å²) < 4.78 is 10.5. The van der Waals surface area contributed by atoms with E-state index in [0.717, 1.165) is 22.3 Å². The summed E-state index contributed by atoms with van der Waals surface area (Å²) in [6.07, 6.45) is -1.29. The smallest absolute Gasteiger partial charge is 0.407 e. The summed E-state index contributed by atoms with van der Waals surface area (Å²) in [5.41, 5.74) is 4.53. The van der Waals surface area contributed by atoms with Crippen LogP contribution in [0.25, 0.3) is 11.1 Å². The maximum atomic E-state index is 12.1. The molecule has 2 aliphatic rings. The molecule has 8 nitrogen and oxygen atoms in total. The van der Waals surface area contributed by atoms with Crippen LogP contribution in [0.4, 0.5) is 4.79 Å². The number of hydrogen-bond acceptors (Lipinski definition) is 5. The lowest BCUT2D eigenvalue weighted by Gasteiger charge is -2.14. The Labute approximate surface area is 184 Å². The molecule has 32 heavy (non-hydrogen) atoms. The fraction of sp³-hybridized carbons (Fsp3) is 0.292. The Morgan fingerprint density at radius 3 is 2.38 bits per heavy atom. The van der Waals surface area contributed by atoms with Gasteiger partial charge in [-0.25, -0.2) is 9.59 Å². The number of carboxylic acids is 1. The number of carboxylic acid groups (broad SMARTS) is 1. The van der Waals surface area contributed by atoms with Gasteiger partial charge in [0.1, 0.15) is 6.61 Å². The van der Waals surface area contributed by atoms with Crippen molar-refractivity contribution in [2.24, 2.45) is 0 Å². The van der Waals surface area contributed by atoms with Crippen molar-refractivity contribution >= 4 is 18.0 Å². The highest BCUT2D eigenvalue weighted by Crippen LogP contribution is 2.44. The number of carbonyl (C=O) groups excluding carboxylic acids is 2. The predicted molar refractivity (Wildman–Crippen MR) is 115 cm³/mol. The third-order valence-electron chi connectivity index (χ3n) is 5.52. The minimum absolute atomic E-state index is 0.0409. The van der Waals surface area contributed by atoms with Crippen molar-refractivity contribution < 1.29 is 29.0 Å². The van der Waals surface area contributed by atoms with Crippen molar-refractivity contribution in [1.29, 1.82) is 0 Å². The quantitative estimate of drug-likeness (QED) is 0.620. The van der Waals surface area contributed by atoms with Crippen LogP contribution >= 0.6 is 0 Å². The van der Waals surface area contributed by atoms with E-state index >= 15 is 0 Å². The third-order valence-corrected chi connectivity index (χ3v) is 5.52. The number of carbonyl (C=O) groups is 3. The molecule has 2 aromatic carbocycles. The molecular formula is C24H22N2O6. The van der Waals surface area contributed by atoms with Gasteiger partial charge in [-0.05, 0) is 34.6 Å². The average Bonchev–Trinajstić information content (AvgIpc) is 3.38. The highest BCUT2D eigenvalue weighted by molar-refractivity contribution is 5.94. The maximum absolute atomic E-state index is 12.1. The lowest BCUT2D eigenvalue weighted by molar-refractivity contribution is -0.148. The predicted octanol–water partition coefficient (Wildman–Crippen LogP) is 1.89. The molecule has 3 N–H and O–H groups in total. The van der Waals surface area contributed by atoms with Crippen molar-refractivity contribution in [2.75, 3.05) is 19.8 Å². The largest absolute Gasteiger partial charge is 0.479 e. The van der Waals surface area contributed by atoms with Gasteiger partial charge in [0, 0.05) is 12.5 Å². The Bertz CT molecular complexity index is 1060. The molecule has 0 bridgehead atoms. The number of aliphatic carboxylic acids is 1. The van der Waals surface area contributed by atoms with E-state index < -0.39 is 30.1 Å². The van der Waals surface area contributed by atoms with Crippen molar-refractivity contribution in [1.82, 2.24) is 10.6 Å². The zero-order valence-corrected chi connectivity index (χ0v) is 17.2. The zero-order valence-electron chi connectivity index (χ0n) is 17.2. The minimum Gasteiger partial charge on any atom is -0.479 e. The molecular weight excluding hydrogens is 412 g/mol. The first kappa shape index (κ1) is 21.4. The number of ether oxygens (including phenoxy) is 2. The first-order valence-electron chi connectivity index (χ1n) is 10.3. The van der Waals surface area contributed by atoms with E-state index in [0.29, 0.717) is 6.42 Å². The van der Waals surface area contributed by atoms with E-state index in [4.69, 9.17) is 14.6 Å². The van der Waals surface area contributed by atoms with Gasteiger partial charge in [-0.1, -0.05) is 54.5 Å². The Balaban J connectivity index is 1.25. The molecule has 4 rings (SSSR count). The first-order chi connectivity index (χ1) is 15.5. The molecule has 164 valence electrons. The number of amides is 2. The minimum atomic E-state index is -1.13. The molecule has 2 amide bonds. The number of fused-ring (bicyclic) bond motifs is 3. The van der Waals surface area contributed by atoms with Crippen LogP contribution in [0, 0.1) is 11.8 Å². The van der Waals surface area contributed by atoms with Gasteiger partial charge in [-0.2, -0.15) is 0 Å². The van der Waals surface area contributed by atoms with Crippen molar-refractivity contribution in [2.45, 2.75) is 24.5 Å². The molecule has 1 saturated heterocycles. The normalized spacial score (nSPS) is 18.6. The van der Waals surface area contributed by atoms with Gasteiger partial charge in [-0.15, -0.1) is 0 Å². The lowest BCUT2D eigenvalue weighted by Crippen LogP contribution is -2.43. The van der Waals surface area contributed by atoms with Crippen molar-refractivity contribution in [3.63, 3.8) is 0 Å². The number of benzene rings is 2. The molecule has 1 aliphatic heterocycles. The summed E-state index contributed by atoms with van der Waals surface area (Å²) in [6, 6.07) is 15.5. The zero-order chi connectivity index (χ0) is 22.5. The number of hydrogen-bond donors (Lipinski definition) is 3. The van der Waals surface area contributed by atoms with E-state index in [-0.39, 0.29) is 25.7 Å². The summed E-state index contributed by atoms with van der Waals surface area (Å²) in [6.45, 7) is 0.373. The van der Waals surface area contributed by atoms with E-state index in [1.165, 1.54) is 0 Å². The second kappa shape index (κ2) is 9.54. The van der Waals surface area contributed by atoms with Crippen LogP contribution in [0.2, 0.25) is 0 Å². The summed E-state index contributed by atoms with van der Waals surface area (Å²) in [5.74, 6) is 3.07. The molecule has 0 saturated carbocycles. The van der Waals surface area contributed by atoms with Crippen molar-refractivity contribution in [3.8, 4) is 23.0 Å². The average molecular weight is 434 g/mol. The van der Waals surface area contributed by atoms with Gasteiger partial charge in [0.25, 0.3) is 5.91 Å². The Kier molecular flexibility index (Phi) is 6.38. The maximum Gasteiger partial charge on any atom is 0.407 e. The summed E-state index contributed by atoms with van der Waals surface area (Å²) in [4.78, 5) is 35.0. The van der Waals surface area contributed by atoms with E-state index in [1.54, 1.807) is 0 Å². The number of alkyl carbamates (subject to hydrolysis) is 1. The van der Waals surface area contributed by atoms with Gasteiger partial charge in [-0.3, -0.25) is 4.79 Å². The number of nitrogens with one attached hydrogen (secondary N) is 2. The standard InChI is InChI=1S/C24H22N2O6/c27-21(26-20-11-13-31-22(20)23(28)29)10-5-12-25-24(30)32-14-19-17-8-3-1-6-15(17)16-7-2-4-9-18(16)19/h1-4,6-9,19-20,22H,11-14H2,(H,25,30)(H,26,27)(H,28,29). The van der Waals surface area contributed by atoms with Crippen LogP contribution in [0.1, 0.15) is 23.5 Å². The Hall–Kier alpha value is -3.83. The van der Waals surface area contributed by atoms with Crippen LogP contribution in [-0.2, 0) is 19.1 Å². The van der Waals surface area contributed by atoms with Crippen LogP contribution in [0.3, 0.4) is 0 Å². The van der Waals surface area contributed by atoms with Crippen LogP contribution in [0.15, 0.2) is 48.5 Å². The molecule has 1 aliphatic carbocycles. The van der Waals surface area contributed by atoms with Gasteiger partial charge >= 0.3 is 12.1 Å². The molecule has 2 unspecified atom stereocenters. The van der Waals surface area contributed by atoms with Crippen LogP contribution in [-0.4, -0.2) is 55.0 Å². The molecule has 1 heterocycles.